The van der Waals surface area contributed by atoms with Gasteiger partial charge in [0.1, 0.15) is 0 Å². The van der Waals surface area contributed by atoms with Gasteiger partial charge in [0.15, 0.2) is 0 Å². The molecule has 2 fully saturated rings. The SMILES string of the molecule is O=C1C2C(c3cccc(Cl)c3)OC3(C(=O)c4ccccc4C3=O)C2C(=O)N1c1ccc(Cl)cc1Cl. The van der Waals surface area contributed by atoms with Gasteiger partial charge in [0.25, 0.3) is 0 Å². The van der Waals surface area contributed by atoms with Crippen molar-refractivity contribution in [3.63, 3.8) is 0 Å². The number of nitrogens with zero attached hydrogens (tertiary/aromatic N) is 1. The molecule has 0 N–H and O–H groups in total. The molecule has 6 nitrogen and oxygen atoms in total. The third-order valence-electron chi connectivity index (χ3n) is 6.85. The first-order valence-corrected chi connectivity index (χ1v) is 11.8. The second kappa shape index (κ2) is 7.73. The minimum absolute atomic E-state index is 0.0841. The normalized spacial score (nSPS) is 24.4. The van der Waals surface area contributed by atoms with Gasteiger partial charge in [-0.05, 0) is 35.9 Å². The molecular formula is C26H14Cl3NO5. The maximum absolute atomic E-state index is 13.9. The van der Waals surface area contributed by atoms with Crippen LogP contribution in [-0.2, 0) is 14.3 Å². The average Bonchev–Trinajstić information content (AvgIpc) is 3.40. The molecular weight excluding hydrogens is 513 g/mol. The zero-order chi connectivity index (χ0) is 24.6. The molecule has 1 aliphatic carbocycles. The van der Waals surface area contributed by atoms with Gasteiger partial charge in [-0.15, -0.1) is 0 Å². The number of halogens is 3. The molecule has 3 aromatic rings. The van der Waals surface area contributed by atoms with Gasteiger partial charge in [0.2, 0.25) is 29.0 Å². The number of hydrogen-bond acceptors (Lipinski definition) is 5. The van der Waals surface area contributed by atoms with E-state index in [1.54, 1.807) is 36.4 Å². The number of ether oxygens (including phenoxy) is 1. The number of anilines is 1. The van der Waals surface area contributed by atoms with E-state index in [-0.39, 0.29) is 21.8 Å². The molecule has 6 rings (SSSR count). The van der Waals surface area contributed by atoms with Crippen molar-refractivity contribution < 1.29 is 23.9 Å². The predicted molar refractivity (Wildman–Crippen MR) is 129 cm³/mol. The Morgan fingerprint density at radius 3 is 2.03 bits per heavy atom. The quantitative estimate of drug-likeness (QED) is 0.333. The maximum atomic E-state index is 13.9. The molecule has 9 heteroatoms. The van der Waals surface area contributed by atoms with Gasteiger partial charge in [-0.25, -0.2) is 4.90 Å². The Morgan fingerprint density at radius 1 is 0.743 bits per heavy atom. The van der Waals surface area contributed by atoms with Crippen molar-refractivity contribution in [2.45, 2.75) is 11.7 Å². The van der Waals surface area contributed by atoms with Crippen molar-refractivity contribution in [1.82, 2.24) is 0 Å². The summed E-state index contributed by atoms with van der Waals surface area (Å²) in [5.74, 6) is -5.15. The Bertz CT molecular complexity index is 1450. The highest BCUT2D eigenvalue weighted by molar-refractivity contribution is 6.40. The summed E-state index contributed by atoms with van der Waals surface area (Å²) in [4.78, 5) is 56.1. The Labute approximate surface area is 214 Å². The fraction of sp³-hybridized carbons (Fsp3) is 0.154. The van der Waals surface area contributed by atoms with Crippen LogP contribution in [0.2, 0.25) is 15.1 Å². The van der Waals surface area contributed by atoms with E-state index in [1.807, 2.05) is 0 Å². The third kappa shape index (κ3) is 2.94. The largest absolute Gasteiger partial charge is 0.349 e. The van der Waals surface area contributed by atoms with Gasteiger partial charge < -0.3 is 4.74 Å². The zero-order valence-electron chi connectivity index (χ0n) is 17.7. The highest BCUT2D eigenvalue weighted by Crippen LogP contribution is 2.58. The highest BCUT2D eigenvalue weighted by Gasteiger charge is 2.74. The lowest BCUT2D eigenvalue weighted by Gasteiger charge is -2.27. The first-order chi connectivity index (χ1) is 16.8. The molecule has 0 bridgehead atoms. The Balaban J connectivity index is 1.56. The zero-order valence-corrected chi connectivity index (χ0v) is 20.0. The summed E-state index contributed by atoms with van der Waals surface area (Å²) in [5, 5.41) is 0.789. The van der Waals surface area contributed by atoms with Crippen LogP contribution in [0.15, 0.2) is 66.7 Å². The Hall–Kier alpha value is -3.03. The topological polar surface area (TPSA) is 80.8 Å². The minimum atomic E-state index is -2.16. The molecule has 1 spiro atoms. The fourth-order valence-electron chi connectivity index (χ4n) is 5.40. The van der Waals surface area contributed by atoms with E-state index in [0.717, 1.165) is 4.90 Å². The molecule has 2 saturated heterocycles. The monoisotopic (exact) mass is 525 g/mol. The van der Waals surface area contributed by atoms with E-state index < -0.39 is 46.9 Å². The molecule has 3 aromatic carbocycles. The first-order valence-electron chi connectivity index (χ1n) is 10.7. The van der Waals surface area contributed by atoms with Crippen LogP contribution in [0.1, 0.15) is 32.4 Å². The Kier molecular flexibility index (Phi) is 4.96. The van der Waals surface area contributed by atoms with Crippen LogP contribution < -0.4 is 4.90 Å². The molecule has 0 saturated carbocycles. The fourth-order valence-corrected chi connectivity index (χ4v) is 6.09. The van der Waals surface area contributed by atoms with Gasteiger partial charge in [0.05, 0.1) is 28.6 Å². The van der Waals surface area contributed by atoms with Crippen molar-refractivity contribution >= 4 is 63.9 Å². The molecule has 2 amide bonds. The number of benzene rings is 3. The Morgan fingerprint density at radius 2 is 1.40 bits per heavy atom. The molecule has 2 aliphatic heterocycles. The number of fused-ring (bicyclic) bond motifs is 3. The lowest BCUT2D eigenvalue weighted by molar-refractivity contribution is -0.127. The number of hydrogen-bond donors (Lipinski definition) is 0. The molecule has 0 aromatic heterocycles. The number of imide groups is 1. The van der Waals surface area contributed by atoms with Crippen LogP contribution in [0, 0.1) is 11.8 Å². The van der Waals surface area contributed by atoms with Crippen molar-refractivity contribution in [1.29, 1.82) is 0 Å². The van der Waals surface area contributed by atoms with Crippen LogP contribution >= 0.6 is 34.8 Å². The van der Waals surface area contributed by atoms with Gasteiger partial charge in [-0.1, -0.05) is 71.2 Å². The van der Waals surface area contributed by atoms with Crippen LogP contribution in [0.25, 0.3) is 0 Å². The molecule has 0 radical (unpaired) electrons. The molecule has 3 atom stereocenters. The van der Waals surface area contributed by atoms with Crippen LogP contribution in [-0.4, -0.2) is 29.0 Å². The van der Waals surface area contributed by atoms with Gasteiger partial charge in [-0.2, -0.15) is 0 Å². The number of carbonyl (C=O) groups excluding carboxylic acids is 4. The summed E-state index contributed by atoms with van der Waals surface area (Å²) >= 11 is 18.5. The summed E-state index contributed by atoms with van der Waals surface area (Å²) in [5.41, 5.74) is -1.25. The number of Topliss-reactive ketones (excluding diaryl/α,β-unsaturated/α-hetero) is 2. The first kappa shape index (κ1) is 22.4. The third-order valence-corrected chi connectivity index (χ3v) is 7.62. The molecule has 3 unspecified atom stereocenters. The smallest absolute Gasteiger partial charge is 0.241 e. The van der Waals surface area contributed by atoms with Crippen molar-refractivity contribution in [2.24, 2.45) is 11.8 Å². The standard InChI is InChI=1S/C26H14Cl3NO5/c27-13-5-3-4-12(10-13)21-19-20(25(34)30(24(19)33)18-9-8-14(28)11-17(18)29)26(35-21)22(31)15-6-1-2-7-16(15)23(26)32/h1-11,19-21H. The number of amides is 2. The molecule has 174 valence electrons. The van der Waals surface area contributed by atoms with E-state index in [2.05, 4.69) is 0 Å². The summed E-state index contributed by atoms with van der Waals surface area (Å²) in [6.45, 7) is 0. The van der Waals surface area contributed by atoms with E-state index in [4.69, 9.17) is 39.5 Å². The highest BCUT2D eigenvalue weighted by atomic mass is 35.5. The lowest BCUT2D eigenvalue weighted by atomic mass is 9.77. The van der Waals surface area contributed by atoms with Gasteiger partial charge in [-0.3, -0.25) is 19.2 Å². The van der Waals surface area contributed by atoms with E-state index in [9.17, 15) is 19.2 Å². The van der Waals surface area contributed by atoms with Gasteiger partial charge in [0, 0.05) is 21.2 Å². The summed E-state index contributed by atoms with van der Waals surface area (Å²) < 4.78 is 6.22. The average molecular weight is 527 g/mol. The second-order valence-corrected chi connectivity index (χ2v) is 9.92. The predicted octanol–water partition coefficient (Wildman–Crippen LogP) is 5.34. The van der Waals surface area contributed by atoms with Crippen LogP contribution in [0.5, 0.6) is 0 Å². The lowest BCUT2D eigenvalue weighted by Crippen LogP contribution is -2.51. The summed E-state index contributed by atoms with van der Waals surface area (Å²) in [6.07, 6.45) is -1.06. The van der Waals surface area contributed by atoms with E-state index in [0.29, 0.717) is 15.6 Å². The molecule has 3 aliphatic rings. The van der Waals surface area contributed by atoms with Crippen molar-refractivity contribution in [3.05, 3.63) is 98.5 Å². The maximum Gasteiger partial charge on any atom is 0.241 e. The minimum Gasteiger partial charge on any atom is -0.349 e. The summed E-state index contributed by atoms with van der Waals surface area (Å²) in [6, 6.07) is 17.3. The molecule has 35 heavy (non-hydrogen) atoms. The van der Waals surface area contributed by atoms with Crippen LogP contribution in [0.4, 0.5) is 5.69 Å². The van der Waals surface area contributed by atoms with Crippen molar-refractivity contribution in [2.75, 3.05) is 4.90 Å². The second-order valence-electron chi connectivity index (χ2n) is 8.64. The van der Waals surface area contributed by atoms with E-state index in [1.165, 1.54) is 30.3 Å². The van der Waals surface area contributed by atoms with Crippen molar-refractivity contribution in [3.8, 4) is 0 Å². The number of rotatable bonds is 2. The van der Waals surface area contributed by atoms with E-state index >= 15 is 0 Å². The number of ketones is 2. The number of carbonyl (C=O) groups is 4. The molecule has 2 heterocycles. The van der Waals surface area contributed by atoms with Crippen LogP contribution in [0.3, 0.4) is 0 Å². The summed E-state index contributed by atoms with van der Waals surface area (Å²) in [7, 11) is 0. The van der Waals surface area contributed by atoms with Gasteiger partial charge >= 0.3 is 0 Å².